The summed E-state index contributed by atoms with van der Waals surface area (Å²) in [4.78, 5) is 24.1. The number of hydrogen-bond acceptors (Lipinski definition) is 6. The van der Waals surface area contributed by atoms with E-state index in [1.54, 1.807) is 30.3 Å². The minimum atomic E-state index is -0.248. The van der Waals surface area contributed by atoms with Crippen LogP contribution in [0.1, 0.15) is 22.8 Å². The Morgan fingerprint density at radius 1 is 0.852 bits per heavy atom. The molecule has 0 fully saturated rings. The third kappa shape index (κ3) is 4.69. The SMILES string of the molecule is COc1ccc(C(=O)Cc2cc(OC)c(OC)c(OC)c2)cc1NC(C)=O. The maximum Gasteiger partial charge on any atom is 0.221 e. The second kappa shape index (κ2) is 8.93. The van der Waals surface area contributed by atoms with Crippen molar-refractivity contribution in [1.82, 2.24) is 0 Å². The van der Waals surface area contributed by atoms with Crippen molar-refractivity contribution >= 4 is 17.4 Å². The van der Waals surface area contributed by atoms with Crippen molar-refractivity contribution in [2.24, 2.45) is 0 Å². The number of rotatable bonds is 8. The fraction of sp³-hybridized carbons (Fsp3) is 0.300. The largest absolute Gasteiger partial charge is 0.495 e. The highest BCUT2D eigenvalue weighted by Gasteiger charge is 2.17. The fourth-order valence-corrected chi connectivity index (χ4v) is 2.69. The molecule has 0 heterocycles. The van der Waals surface area contributed by atoms with E-state index in [2.05, 4.69) is 5.32 Å². The van der Waals surface area contributed by atoms with Gasteiger partial charge in [-0.3, -0.25) is 9.59 Å². The molecule has 0 saturated heterocycles. The van der Waals surface area contributed by atoms with Crippen LogP contribution in [-0.2, 0) is 11.2 Å². The first kappa shape index (κ1) is 20.1. The van der Waals surface area contributed by atoms with Gasteiger partial charge in [-0.1, -0.05) is 0 Å². The number of carbonyl (C=O) groups excluding carboxylic acids is 2. The molecule has 2 aromatic carbocycles. The number of anilines is 1. The van der Waals surface area contributed by atoms with Crippen LogP contribution in [0.5, 0.6) is 23.0 Å². The number of nitrogens with one attached hydrogen (secondary N) is 1. The molecular weight excluding hydrogens is 350 g/mol. The number of ketones is 1. The number of ether oxygens (including phenoxy) is 4. The summed E-state index contributed by atoms with van der Waals surface area (Å²) in [6, 6.07) is 8.37. The van der Waals surface area contributed by atoms with Crippen molar-refractivity contribution in [2.45, 2.75) is 13.3 Å². The van der Waals surface area contributed by atoms with Crippen molar-refractivity contribution in [3.05, 3.63) is 41.5 Å². The minimum Gasteiger partial charge on any atom is -0.495 e. The quantitative estimate of drug-likeness (QED) is 0.716. The van der Waals surface area contributed by atoms with Gasteiger partial charge >= 0.3 is 0 Å². The Morgan fingerprint density at radius 3 is 1.93 bits per heavy atom. The molecule has 144 valence electrons. The van der Waals surface area contributed by atoms with Gasteiger partial charge in [-0.15, -0.1) is 0 Å². The molecule has 1 N–H and O–H groups in total. The number of amides is 1. The molecule has 0 bridgehead atoms. The summed E-state index contributed by atoms with van der Waals surface area (Å²) < 4.78 is 21.1. The number of benzene rings is 2. The van der Waals surface area contributed by atoms with Gasteiger partial charge in [0.05, 0.1) is 34.1 Å². The van der Waals surface area contributed by atoms with Crippen LogP contribution in [0.25, 0.3) is 0 Å². The highest BCUT2D eigenvalue weighted by molar-refractivity contribution is 6.00. The Kier molecular flexibility index (Phi) is 6.65. The lowest BCUT2D eigenvalue weighted by molar-refractivity contribution is -0.114. The van der Waals surface area contributed by atoms with Crippen LogP contribution >= 0.6 is 0 Å². The average Bonchev–Trinajstić information content (AvgIpc) is 2.66. The summed E-state index contributed by atoms with van der Waals surface area (Å²) in [6.45, 7) is 1.39. The molecule has 0 unspecified atom stereocenters. The van der Waals surface area contributed by atoms with E-state index in [1.165, 1.54) is 35.4 Å². The Balaban J connectivity index is 2.33. The zero-order valence-corrected chi connectivity index (χ0v) is 16.0. The second-order valence-corrected chi connectivity index (χ2v) is 5.73. The lowest BCUT2D eigenvalue weighted by Crippen LogP contribution is -2.10. The lowest BCUT2D eigenvalue weighted by atomic mass is 10.0. The number of carbonyl (C=O) groups is 2. The van der Waals surface area contributed by atoms with Gasteiger partial charge < -0.3 is 24.3 Å². The van der Waals surface area contributed by atoms with E-state index in [0.717, 1.165) is 0 Å². The first-order valence-corrected chi connectivity index (χ1v) is 8.21. The van der Waals surface area contributed by atoms with Gasteiger partial charge in [0, 0.05) is 18.9 Å². The summed E-state index contributed by atoms with van der Waals surface area (Å²) in [5.41, 5.74) is 1.61. The van der Waals surface area contributed by atoms with Crippen molar-refractivity contribution in [2.75, 3.05) is 33.8 Å². The summed E-state index contributed by atoms with van der Waals surface area (Å²) in [6.07, 6.45) is 0.128. The molecule has 2 rings (SSSR count). The molecule has 0 aliphatic rings. The van der Waals surface area contributed by atoms with Gasteiger partial charge in [0.1, 0.15) is 5.75 Å². The molecular formula is C20H23NO6. The molecule has 7 heteroatoms. The molecule has 0 aliphatic carbocycles. The molecule has 0 aromatic heterocycles. The van der Waals surface area contributed by atoms with Crippen LogP contribution < -0.4 is 24.3 Å². The molecule has 2 aromatic rings. The van der Waals surface area contributed by atoms with E-state index >= 15 is 0 Å². The Hall–Kier alpha value is -3.22. The number of methoxy groups -OCH3 is 4. The van der Waals surface area contributed by atoms with E-state index < -0.39 is 0 Å². The van der Waals surface area contributed by atoms with Crippen molar-refractivity contribution in [1.29, 1.82) is 0 Å². The Labute approximate surface area is 158 Å². The van der Waals surface area contributed by atoms with Crippen LogP contribution in [0.15, 0.2) is 30.3 Å². The maximum atomic E-state index is 12.7. The van der Waals surface area contributed by atoms with E-state index in [0.29, 0.717) is 39.8 Å². The van der Waals surface area contributed by atoms with Crippen LogP contribution in [-0.4, -0.2) is 40.1 Å². The third-order valence-electron chi connectivity index (χ3n) is 3.92. The minimum absolute atomic E-state index is 0.126. The van der Waals surface area contributed by atoms with Crippen LogP contribution in [0.3, 0.4) is 0 Å². The molecule has 0 spiro atoms. The van der Waals surface area contributed by atoms with Crippen LogP contribution in [0.4, 0.5) is 5.69 Å². The first-order chi connectivity index (χ1) is 12.9. The van der Waals surface area contributed by atoms with E-state index in [1.807, 2.05) is 0 Å². The van der Waals surface area contributed by atoms with Gasteiger partial charge in [-0.2, -0.15) is 0 Å². The predicted octanol–water partition coefficient (Wildman–Crippen LogP) is 3.10. The van der Waals surface area contributed by atoms with Gasteiger partial charge in [-0.05, 0) is 35.9 Å². The monoisotopic (exact) mass is 373 g/mol. The highest BCUT2D eigenvalue weighted by atomic mass is 16.5. The molecule has 27 heavy (non-hydrogen) atoms. The topological polar surface area (TPSA) is 83.1 Å². The van der Waals surface area contributed by atoms with Crippen LogP contribution in [0, 0.1) is 0 Å². The number of hydrogen-bond donors (Lipinski definition) is 1. The van der Waals surface area contributed by atoms with Gasteiger partial charge in [-0.25, -0.2) is 0 Å². The molecule has 1 amide bonds. The molecule has 7 nitrogen and oxygen atoms in total. The zero-order valence-electron chi connectivity index (χ0n) is 16.0. The normalized spacial score (nSPS) is 10.1. The van der Waals surface area contributed by atoms with Crippen molar-refractivity contribution in [3.63, 3.8) is 0 Å². The highest BCUT2D eigenvalue weighted by Crippen LogP contribution is 2.38. The second-order valence-electron chi connectivity index (χ2n) is 5.73. The smallest absolute Gasteiger partial charge is 0.221 e. The van der Waals surface area contributed by atoms with E-state index in [9.17, 15) is 9.59 Å². The van der Waals surface area contributed by atoms with Crippen LogP contribution in [0.2, 0.25) is 0 Å². The Morgan fingerprint density at radius 2 is 1.44 bits per heavy atom. The Bertz CT molecular complexity index is 821. The maximum absolute atomic E-state index is 12.7. The third-order valence-corrected chi connectivity index (χ3v) is 3.92. The summed E-state index contributed by atoms with van der Waals surface area (Å²) in [7, 11) is 6.06. The summed E-state index contributed by atoms with van der Waals surface area (Å²) in [5, 5.41) is 2.66. The standard InChI is InChI=1S/C20H23NO6/c1-12(22)21-15-11-14(6-7-17(15)24-2)16(23)8-13-9-18(25-3)20(27-5)19(10-13)26-4/h6-7,9-11H,8H2,1-5H3,(H,21,22). The summed E-state index contributed by atoms with van der Waals surface area (Å²) in [5.74, 6) is 1.53. The van der Waals surface area contributed by atoms with Gasteiger partial charge in [0.15, 0.2) is 17.3 Å². The fourth-order valence-electron chi connectivity index (χ4n) is 2.69. The van der Waals surface area contributed by atoms with Gasteiger partial charge in [0.25, 0.3) is 0 Å². The van der Waals surface area contributed by atoms with Gasteiger partial charge in [0.2, 0.25) is 11.7 Å². The molecule has 0 radical (unpaired) electrons. The molecule has 0 saturated carbocycles. The average molecular weight is 373 g/mol. The first-order valence-electron chi connectivity index (χ1n) is 8.21. The number of Topliss-reactive ketones (excluding diaryl/α,β-unsaturated/α-hetero) is 1. The molecule has 0 atom stereocenters. The summed E-state index contributed by atoms with van der Waals surface area (Å²) >= 11 is 0. The zero-order chi connectivity index (χ0) is 20.0. The molecule has 0 aliphatic heterocycles. The predicted molar refractivity (Wildman–Crippen MR) is 101 cm³/mol. The van der Waals surface area contributed by atoms with Crippen molar-refractivity contribution in [3.8, 4) is 23.0 Å². The van der Waals surface area contributed by atoms with E-state index in [4.69, 9.17) is 18.9 Å². The lowest BCUT2D eigenvalue weighted by Gasteiger charge is -2.14. The van der Waals surface area contributed by atoms with Crippen molar-refractivity contribution < 1.29 is 28.5 Å². The van der Waals surface area contributed by atoms with E-state index in [-0.39, 0.29) is 18.1 Å².